The normalized spacial score (nSPS) is 13.6. The number of nitrogens with one attached hydrogen (secondary N) is 2. The smallest absolute Gasteiger partial charge is 0.227 e. The average molecular weight is 515 g/mol. The summed E-state index contributed by atoms with van der Waals surface area (Å²) in [6.07, 6.45) is 8.90. The molecule has 2 N–H and O–H groups in total. The molecule has 9 nitrogen and oxygen atoms in total. The van der Waals surface area contributed by atoms with E-state index < -0.39 is 0 Å². The van der Waals surface area contributed by atoms with E-state index in [2.05, 4.69) is 58.8 Å². The lowest BCUT2D eigenvalue weighted by molar-refractivity contribution is 0.465. The first-order chi connectivity index (χ1) is 19.3. The fourth-order valence-corrected chi connectivity index (χ4v) is 5.14. The first kappa shape index (κ1) is 23.1. The third-order valence-electron chi connectivity index (χ3n) is 7.07. The number of rotatable bonds is 6. The number of ether oxygens (including phenoxy) is 1. The molecule has 0 bridgehead atoms. The van der Waals surface area contributed by atoms with Crippen molar-refractivity contribution < 1.29 is 4.74 Å². The van der Waals surface area contributed by atoms with E-state index in [-0.39, 0.29) is 0 Å². The Morgan fingerprint density at radius 3 is 2.46 bits per heavy atom. The van der Waals surface area contributed by atoms with Crippen LogP contribution in [0.25, 0.3) is 32.9 Å². The van der Waals surface area contributed by atoms with Crippen LogP contribution in [0.2, 0.25) is 0 Å². The Bertz CT molecular complexity index is 1760. The maximum Gasteiger partial charge on any atom is 0.227 e. The molecule has 0 saturated carbocycles. The highest BCUT2D eigenvalue weighted by Crippen LogP contribution is 2.36. The van der Waals surface area contributed by atoms with E-state index in [0.29, 0.717) is 11.6 Å². The quantitative estimate of drug-likeness (QED) is 0.260. The van der Waals surface area contributed by atoms with Gasteiger partial charge >= 0.3 is 0 Å². The second kappa shape index (κ2) is 10.0. The minimum atomic E-state index is 0.511. The Balaban J connectivity index is 1.14. The summed E-state index contributed by atoms with van der Waals surface area (Å²) in [6.45, 7) is 2.05. The number of pyridine rings is 2. The van der Waals surface area contributed by atoms with Crippen LogP contribution in [0.1, 0.15) is 19.3 Å². The molecule has 0 atom stereocenters. The number of aromatic amines is 1. The van der Waals surface area contributed by atoms with Crippen LogP contribution >= 0.6 is 0 Å². The van der Waals surface area contributed by atoms with Gasteiger partial charge in [0.15, 0.2) is 17.3 Å². The maximum absolute atomic E-state index is 6.22. The van der Waals surface area contributed by atoms with Crippen molar-refractivity contribution in [1.29, 1.82) is 0 Å². The number of aromatic nitrogens is 6. The summed E-state index contributed by atoms with van der Waals surface area (Å²) < 4.78 is 6.22. The predicted octanol–water partition coefficient (Wildman–Crippen LogP) is 6.49. The van der Waals surface area contributed by atoms with Gasteiger partial charge in [0.25, 0.3) is 0 Å². The Morgan fingerprint density at radius 2 is 1.59 bits per heavy atom. The number of H-pyrrole nitrogens is 1. The molecule has 0 spiro atoms. The summed E-state index contributed by atoms with van der Waals surface area (Å²) in [4.78, 5) is 11.2. The van der Waals surface area contributed by atoms with E-state index in [4.69, 9.17) is 4.74 Å². The molecule has 1 fully saturated rings. The van der Waals surface area contributed by atoms with E-state index in [1.807, 2.05) is 48.5 Å². The van der Waals surface area contributed by atoms with Gasteiger partial charge in [0.1, 0.15) is 5.75 Å². The van der Waals surface area contributed by atoms with Crippen LogP contribution in [0.3, 0.4) is 0 Å². The number of hydrogen-bond acceptors (Lipinski definition) is 8. The lowest BCUT2D eigenvalue weighted by atomic mass is 10.1. The van der Waals surface area contributed by atoms with Crippen LogP contribution in [0.5, 0.6) is 11.6 Å². The number of benzene rings is 2. The Hall–Kier alpha value is -5.05. The van der Waals surface area contributed by atoms with Gasteiger partial charge < -0.3 is 15.0 Å². The van der Waals surface area contributed by atoms with Crippen molar-refractivity contribution in [3.8, 4) is 22.8 Å². The van der Waals surface area contributed by atoms with Crippen LogP contribution in [-0.4, -0.2) is 43.5 Å². The number of piperidine rings is 1. The zero-order valence-electron chi connectivity index (χ0n) is 21.2. The highest BCUT2D eigenvalue weighted by Gasteiger charge is 2.18. The molecule has 6 aromatic rings. The van der Waals surface area contributed by atoms with E-state index in [0.717, 1.165) is 63.3 Å². The fraction of sp³-hybridized carbons (Fsp3) is 0.167. The summed E-state index contributed by atoms with van der Waals surface area (Å²) in [5, 5.41) is 22.8. The van der Waals surface area contributed by atoms with Crippen molar-refractivity contribution in [2.45, 2.75) is 19.3 Å². The van der Waals surface area contributed by atoms with E-state index >= 15 is 0 Å². The van der Waals surface area contributed by atoms with Gasteiger partial charge in [-0.05, 0) is 61.7 Å². The number of hydrogen-bond donors (Lipinski definition) is 2. The highest BCUT2D eigenvalue weighted by atomic mass is 16.5. The maximum atomic E-state index is 6.22. The Labute approximate surface area is 224 Å². The van der Waals surface area contributed by atoms with Gasteiger partial charge in [-0.3, -0.25) is 5.10 Å². The lowest BCUT2D eigenvalue weighted by Crippen LogP contribution is -2.30. The number of fused-ring (bicyclic) bond motifs is 2. The molecule has 0 unspecified atom stereocenters. The van der Waals surface area contributed by atoms with Crippen LogP contribution in [-0.2, 0) is 0 Å². The van der Waals surface area contributed by atoms with Crippen molar-refractivity contribution >= 4 is 39.1 Å². The van der Waals surface area contributed by atoms with E-state index in [9.17, 15) is 0 Å². The molecule has 9 heteroatoms. The van der Waals surface area contributed by atoms with Crippen molar-refractivity contribution in [3.63, 3.8) is 0 Å². The second-order valence-electron chi connectivity index (χ2n) is 9.56. The standard InChI is InChI=1S/C30H26N8O/c1-4-17-38(18-5-1)29-24-8-3-2-7-23(24)28(36-37-29)34-20-10-12-21(13-11-20)39-30-25(9-6-15-32-30)22-14-16-31-27-26(22)19-33-35-27/h2-3,6-16,19H,1,4-5,17-18H2,(H,34,36)(H,31,33,35). The Morgan fingerprint density at radius 1 is 0.744 bits per heavy atom. The largest absolute Gasteiger partial charge is 0.438 e. The highest BCUT2D eigenvalue weighted by molar-refractivity contribution is 5.99. The van der Waals surface area contributed by atoms with Gasteiger partial charge in [-0.25, -0.2) is 9.97 Å². The van der Waals surface area contributed by atoms with Gasteiger partial charge in [-0.1, -0.05) is 24.3 Å². The predicted molar refractivity (Wildman–Crippen MR) is 153 cm³/mol. The molecule has 0 radical (unpaired) electrons. The van der Waals surface area contributed by atoms with E-state index in [1.54, 1.807) is 18.6 Å². The van der Waals surface area contributed by atoms with Gasteiger partial charge in [0.2, 0.25) is 5.88 Å². The lowest BCUT2D eigenvalue weighted by Gasteiger charge is -2.28. The minimum Gasteiger partial charge on any atom is -0.438 e. The first-order valence-electron chi connectivity index (χ1n) is 13.1. The average Bonchev–Trinajstić information content (AvgIpc) is 3.49. The second-order valence-corrected chi connectivity index (χ2v) is 9.56. The molecule has 0 aliphatic carbocycles. The third-order valence-corrected chi connectivity index (χ3v) is 7.07. The van der Waals surface area contributed by atoms with Crippen LogP contribution in [0.15, 0.2) is 85.3 Å². The molecule has 4 aromatic heterocycles. The van der Waals surface area contributed by atoms with Crippen LogP contribution in [0, 0.1) is 0 Å². The van der Waals surface area contributed by atoms with Gasteiger partial charge in [-0.15, -0.1) is 10.2 Å². The summed E-state index contributed by atoms with van der Waals surface area (Å²) in [5.41, 5.74) is 3.43. The number of anilines is 3. The molecular formula is C30H26N8O. The van der Waals surface area contributed by atoms with Gasteiger partial charge in [0.05, 0.1) is 6.20 Å². The molecule has 2 aromatic carbocycles. The minimum absolute atomic E-state index is 0.511. The van der Waals surface area contributed by atoms with E-state index in [1.165, 1.54) is 19.3 Å². The summed E-state index contributed by atoms with van der Waals surface area (Å²) in [7, 11) is 0. The molecule has 7 rings (SSSR count). The molecule has 1 aliphatic rings. The van der Waals surface area contributed by atoms with Crippen molar-refractivity contribution in [2.75, 3.05) is 23.3 Å². The molecule has 5 heterocycles. The molecule has 1 saturated heterocycles. The zero-order chi connectivity index (χ0) is 26.0. The van der Waals surface area contributed by atoms with Gasteiger partial charge in [-0.2, -0.15) is 5.10 Å². The fourth-order valence-electron chi connectivity index (χ4n) is 5.14. The van der Waals surface area contributed by atoms with Crippen molar-refractivity contribution in [3.05, 3.63) is 85.3 Å². The summed E-state index contributed by atoms with van der Waals surface area (Å²) >= 11 is 0. The van der Waals surface area contributed by atoms with Crippen LogP contribution in [0.4, 0.5) is 17.3 Å². The van der Waals surface area contributed by atoms with Crippen LogP contribution < -0.4 is 15.0 Å². The first-order valence-corrected chi connectivity index (χ1v) is 13.1. The monoisotopic (exact) mass is 514 g/mol. The molecular weight excluding hydrogens is 488 g/mol. The molecule has 192 valence electrons. The van der Waals surface area contributed by atoms with Gasteiger partial charge in [0, 0.05) is 58.5 Å². The summed E-state index contributed by atoms with van der Waals surface area (Å²) in [6, 6.07) is 21.9. The summed E-state index contributed by atoms with van der Waals surface area (Å²) in [5.74, 6) is 2.88. The third kappa shape index (κ3) is 4.48. The van der Waals surface area contributed by atoms with Crippen molar-refractivity contribution in [2.24, 2.45) is 0 Å². The SMILES string of the molecule is c1cnc(Oc2ccc(Nc3nnc(N4CCCCC4)c4ccccc34)cc2)c(-c2ccnc3[nH]ncc23)c1. The molecule has 0 amide bonds. The Kier molecular flexibility index (Phi) is 5.93. The topological polar surface area (TPSA) is 105 Å². The van der Waals surface area contributed by atoms with Crippen molar-refractivity contribution in [1.82, 2.24) is 30.4 Å². The number of nitrogens with zero attached hydrogens (tertiary/aromatic N) is 6. The molecule has 39 heavy (non-hydrogen) atoms. The molecule has 1 aliphatic heterocycles. The zero-order valence-corrected chi connectivity index (χ0v) is 21.2.